The van der Waals surface area contributed by atoms with E-state index in [2.05, 4.69) is 184 Å². The van der Waals surface area contributed by atoms with Gasteiger partial charge in [0.25, 0.3) is 0 Å². The summed E-state index contributed by atoms with van der Waals surface area (Å²) < 4.78 is 0. The molecule has 14 rings (SSSR count). The fourth-order valence-electron chi connectivity index (χ4n) is 11.8. The summed E-state index contributed by atoms with van der Waals surface area (Å²) in [5.41, 5.74) is 17.7. The van der Waals surface area contributed by atoms with E-state index in [-0.39, 0.29) is 0 Å². The summed E-state index contributed by atoms with van der Waals surface area (Å²) in [4.78, 5) is 0. The van der Waals surface area contributed by atoms with Crippen molar-refractivity contribution in [2.45, 2.75) is 13.8 Å². The standard InChI is InChI=1S/C62H34N2/c1-33-17-19-35(31-63)25-49(33)59-48-24-23-42-46(22-21-39-27-52-45-15-7-13-43-40-11-5-3-9-37(40)28-54(56(43)45)53(52)30-51(39)42)58(48)61(50-26-36(32-64)20-18-34(50)2)60-47-16-8-14-44-41-12-6-4-10-38(41)29-55(57(44)47)62(59)60/h3-30H,1-2H3. The Morgan fingerprint density at radius 3 is 1.47 bits per heavy atom. The zero-order valence-corrected chi connectivity index (χ0v) is 35.1. The first-order valence-corrected chi connectivity index (χ1v) is 21.9. The second-order valence-electron chi connectivity index (χ2n) is 17.8. The molecule has 0 radical (unpaired) electrons. The molecule has 0 atom stereocenters. The van der Waals surface area contributed by atoms with Gasteiger partial charge in [0.1, 0.15) is 0 Å². The van der Waals surface area contributed by atoms with E-state index < -0.39 is 0 Å². The molecular formula is C62H34N2. The van der Waals surface area contributed by atoms with Crippen LogP contribution in [0.4, 0.5) is 0 Å². The molecule has 0 fully saturated rings. The van der Waals surface area contributed by atoms with E-state index in [4.69, 9.17) is 0 Å². The number of nitriles is 2. The van der Waals surface area contributed by atoms with Gasteiger partial charge in [-0.15, -0.1) is 0 Å². The molecule has 0 aliphatic heterocycles. The molecule has 0 heterocycles. The van der Waals surface area contributed by atoms with E-state index in [0.717, 1.165) is 49.5 Å². The van der Waals surface area contributed by atoms with E-state index in [0.29, 0.717) is 11.1 Å². The number of benzene rings is 12. The molecule has 64 heavy (non-hydrogen) atoms. The summed E-state index contributed by atoms with van der Waals surface area (Å²) in [6.45, 7) is 4.34. The maximum atomic E-state index is 10.4. The van der Waals surface area contributed by atoms with Crippen molar-refractivity contribution in [1.29, 1.82) is 10.5 Å². The molecule has 0 aromatic heterocycles. The summed E-state index contributed by atoms with van der Waals surface area (Å²) in [6.07, 6.45) is 0. The molecule has 292 valence electrons. The quantitative estimate of drug-likeness (QED) is 0.163. The van der Waals surface area contributed by atoms with Crippen LogP contribution in [0, 0.1) is 36.5 Å². The minimum atomic E-state index is 0.631. The lowest BCUT2D eigenvalue weighted by Gasteiger charge is -2.24. The highest BCUT2D eigenvalue weighted by atomic mass is 14.4. The predicted molar refractivity (Wildman–Crippen MR) is 268 cm³/mol. The monoisotopic (exact) mass is 806 g/mol. The van der Waals surface area contributed by atoms with Gasteiger partial charge in [-0.25, -0.2) is 0 Å². The van der Waals surface area contributed by atoms with E-state index in [9.17, 15) is 10.5 Å². The summed E-state index contributed by atoms with van der Waals surface area (Å²) in [5.74, 6) is 0. The van der Waals surface area contributed by atoms with Crippen molar-refractivity contribution < 1.29 is 0 Å². The molecule has 2 heteroatoms. The van der Waals surface area contributed by atoms with Crippen molar-refractivity contribution in [2.24, 2.45) is 0 Å². The molecular weight excluding hydrogens is 773 g/mol. The van der Waals surface area contributed by atoms with Crippen molar-refractivity contribution in [3.8, 4) is 78.9 Å². The Labute approximate surface area is 369 Å². The van der Waals surface area contributed by atoms with Crippen LogP contribution in [0.2, 0.25) is 0 Å². The Morgan fingerprint density at radius 1 is 0.281 bits per heavy atom. The lowest BCUT2D eigenvalue weighted by atomic mass is 9.78. The lowest BCUT2D eigenvalue weighted by Crippen LogP contribution is -1.98. The van der Waals surface area contributed by atoms with Gasteiger partial charge in [-0.2, -0.15) is 10.5 Å². The average Bonchev–Trinajstić information content (AvgIpc) is 3.83. The summed E-state index contributed by atoms with van der Waals surface area (Å²) in [6, 6.07) is 67.1. The van der Waals surface area contributed by atoms with Gasteiger partial charge in [-0.3, -0.25) is 0 Å². The summed E-state index contributed by atoms with van der Waals surface area (Å²) >= 11 is 0. The molecule has 0 saturated heterocycles. The molecule has 12 aromatic rings. The van der Waals surface area contributed by atoms with Crippen LogP contribution in [0.1, 0.15) is 22.3 Å². The minimum absolute atomic E-state index is 0.631. The molecule has 0 unspecified atom stereocenters. The number of aryl methyl sites for hydroxylation is 2. The van der Waals surface area contributed by atoms with Crippen molar-refractivity contribution in [2.75, 3.05) is 0 Å². The Kier molecular flexibility index (Phi) is 6.86. The molecule has 0 spiro atoms. The van der Waals surface area contributed by atoms with Crippen LogP contribution >= 0.6 is 0 Å². The van der Waals surface area contributed by atoms with Crippen LogP contribution in [-0.2, 0) is 0 Å². The van der Waals surface area contributed by atoms with Gasteiger partial charge < -0.3 is 0 Å². The maximum absolute atomic E-state index is 10.4. The normalized spacial score (nSPS) is 12.2. The highest BCUT2D eigenvalue weighted by Crippen LogP contribution is 2.60. The smallest absolute Gasteiger partial charge is 0.0991 e. The van der Waals surface area contributed by atoms with Crippen LogP contribution in [0.3, 0.4) is 0 Å². The predicted octanol–water partition coefficient (Wildman–Crippen LogP) is 16.7. The topological polar surface area (TPSA) is 47.6 Å². The molecule has 2 aliphatic rings. The number of hydrogen-bond donors (Lipinski definition) is 0. The summed E-state index contributed by atoms with van der Waals surface area (Å²) in [7, 11) is 0. The van der Waals surface area contributed by atoms with Gasteiger partial charge in [0.05, 0.1) is 23.3 Å². The molecule has 2 nitrogen and oxygen atoms in total. The first-order chi connectivity index (χ1) is 31.5. The highest BCUT2D eigenvalue weighted by Gasteiger charge is 2.33. The van der Waals surface area contributed by atoms with Gasteiger partial charge in [0.15, 0.2) is 0 Å². The van der Waals surface area contributed by atoms with Gasteiger partial charge in [-0.05, 0) is 216 Å². The zero-order chi connectivity index (χ0) is 42.5. The second kappa shape index (κ2) is 12.5. The van der Waals surface area contributed by atoms with Crippen LogP contribution in [0.5, 0.6) is 0 Å². The van der Waals surface area contributed by atoms with Crippen molar-refractivity contribution >= 4 is 75.4 Å². The first kappa shape index (κ1) is 35.1. The van der Waals surface area contributed by atoms with Crippen molar-refractivity contribution in [3.05, 3.63) is 192 Å². The molecule has 2 aliphatic carbocycles. The minimum Gasteiger partial charge on any atom is -0.192 e. The third-order valence-electron chi connectivity index (χ3n) is 14.6. The van der Waals surface area contributed by atoms with Gasteiger partial charge >= 0.3 is 0 Å². The number of hydrogen-bond acceptors (Lipinski definition) is 2. The number of fused-ring (bicyclic) bond motifs is 15. The van der Waals surface area contributed by atoms with Crippen molar-refractivity contribution in [1.82, 2.24) is 0 Å². The van der Waals surface area contributed by atoms with E-state index in [1.807, 2.05) is 12.1 Å². The first-order valence-electron chi connectivity index (χ1n) is 21.9. The molecule has 12 aromatic carbocycles. The van der Waals surface area contributed by atoms with Crippen LogP contribution in [-0.4, -0.2) is 0 Å². The SMILES string of the molecule is Cc1ccc(C#N)cc1-c1c2c(c(-c3cc(C#N)ccc3C)c3c1ccc1c4cc5c(cc4ccc13)-c1cccc3c1c-5cc1ccccc13)-c1cccc3c1c-2cc1ccccc13. The van der Waals surface area contributed by atoms with E-state index >= 15 is 0 Å². The highest BCUT2D eigenvalue weighted by molar-refractivity contribution is 6.35. The molecule has 0 N–H and O–H groups in total. The molecule has 0 bridgehead atoms. The fraction of sp³-hybridized carbons (Fsp3) is 0.0323. The van der Waals surface area contributed by atoms with E-state index in [1.165, 1.54) is 104 Å². The van der Waals surface area contributed by atoms with Gasteiger partial charge in [0.2, 0.25) is 0 Å². The van der Waals surface area contributed by atoms with Crippen molar-refractivity contribution in [3.63, 3.8) is 0 Å². The Morgan fingerprint density at radius 2 is 0.781 bits per heavy atom. The summed E-state index contributed by atoms with van der Waals surface area (Å²) in [5, 5.41) is 37.8. The third-order valence-corrected chi connectivity index (χ3v) is 14.6. The third kappa shape index (κ3) is 4.46. The zero-order valence-electron chi connectivity index (χ0n) is 35.1. The van der Waals surface area contributed by atoms with Gasteiger partial charge in [-0.1, -0.05) is 121 Å². The van der Waals surface area contributed by atoms with Crippen LogP contribution in [0.25, 0.3) is 142 Å². The Balaban J connectivity index is 1.19. The lowest BCUT2D eigenvalue weighted by molar-refractivity contribution is 1.42. The Hall–Kier alpha value is -8.56. The maximum Gasteiger partial charge on any atom is 0.0991 e. The average molecular weight is 807 g/mol. The molecule has 0 saturated carbocycles. The van der Waals surface area contributed by atoms with Crippen LogP contribution < -0.4 is 0 Å². The second-order valence-corrected chi connectivity index (χ2v) is 17.8. The molecule has 0 amide bonds. The number of nitrogens with zero attached hydrogens (tertiary/aromatic N) is 2. The number of rotatable bonds is 2. The van der Waals surface area contributed by atoms with E-state index in [1.54, 1.807) is 0 Å². The fourth-order valence-corrected chi connectivity index (χ4v) is 11.8. The largest absolute Gasteiger partial charge is 0.192 e. The van der Waals surface area contributed by atoms with Gasteiger partial charge in [0, 0.05) is 0 Å². The Bertz CT molecular complexity index is 4290. The van der Waals surface area contributed by atoms with Crippen LogP contribution in [0.15, 0.2) is 170 Å².